The highest BCUT2D eigenvalue weighted by molar-refractivity contribution is 5.78. The summed E-state index contributed by atoms with van der Waals surface area (Å²) in [6.45, 7) is 0.656. The fourth-order valence-corrected chi connectivity index (χ4v) is 2.55. The van der Waals surface area contributed by atoms with Gasteiger partial charge in [-0.3, -0.25) is 4.79 Å². The molecule has 1 amide bonds. The van der Waals surface area contributed by atoms with Crippen LogP contribution in [0.25, 0.3) is 0 Å². The van der Waals surface area contributed by atoms with Crippen molar-refractivity contribution in [3.63, 3.8) is 0 Å². The van der Waals surface area contributed by atoms with Crippen LogP contribution >= 0.6 is 0 Å². The molecule has 0 bridgehead atoms. The Morgan fingerprint density at radius 2 is 1.96 bits per heavy atom. The van der Waals surface area contributed by atoms with Gasteiger partial charge in [-0.2, -0.15) is 0 Å². The molecule has 0 spiro atoms. The zero-order chi connectivity index (χ0) is 16.8. The maximum atomic E-state index is 12.8. The van der Waals surface area contributed by atoms with Crippen LogP contribution in [-0.2, 0) is 19.0 Å². The molecule has 0 N–H and O–H groups in total. The number of nitrogens with zero attached hydrogens (tertiary/aromatic N) is 1. The molecule has 0 saturated carbocycles. The van der Waals surface area contributed by atoms with Crippen LogP contribution in [0.2, 0.25) is 0 Å². The summed E-state index contributed by atoms with van der Waals surface area (Å²) in [7, 11) is 4.85. The number of carbonyl (C=O) groups excluding carboxylic acids is 1. The number of halogens is 1. The van der Waals surface area contributed by atoms with Crippen LogP contribution in [0, 0.1) is 5.82 Å². The summed E-state index contributed by atoms with van der Waals surface area (Å²) in [6.07, 6.45) is -0.500. The molecule has 7 heteroatoms. The molecule has 2 rings (SSSR count). The lowest BCUT2D eigenvalue weighted by Crippen LogP contribution is -2.58. The van der Waals surface area contributed by atoms with Crippen LogP contribution in [0.1, 0.15) is 0 Å². The number of hydrogen-bond donors (Lipinski definition) is 0. The average Bonchev–Trinajstić information content (AvgIpc) is 2.59. The molecule has 128 valence electrons. The molecule has 6 nitrogen and oxygen atoms in total. The SMILES string of the molecule is CO[C@H]1[C@H](N(C)C(=O)COc2ccc(F)cc2)COC[C@H]1OC. The van der Waals surface area contributed by atoms with Gasteiger partial charge >= 0.3 is 0 Å². The Kier molecular flexibility index (Phi) is 6.32. The minimum Gasteiger partial charge on any atom is -0.484 e. The van der Waals surface area contributed by atoms with Gasteiger partial charge in [0.05, 0.1) is 19.3 Å². The Morgan fingerprint density at radius 1 is 1.26 bits per heavy atom. The number of methoxy groups -OCH3 is 2. The number of likely N-dealkylation sites (N-methyl/N-ethyl adjacent to an activating group) is 1. The lowest BCUT2D eigenvalue weighted by atomic mass is 10.0. The molecule has 1 aliphatic heterocycles. The lowest BCUT2D eigenvalue weighted by Gasteiger charge is -2.40. The van der Waals surface area contributed by atoms with Crippen molar-refractivity contribution in [1.82, 2.24) is 4.90 Å². The van der Waals surface area contributed by atoms with Gasteiger partial charge in [-0.05, 0) is 24.3 Å². The van der Waals surface area contributed by atoms with E-state index in [0.717, 1.165) is 0 Å². The van der Waals surface area contributed by atoms with E-state index in [9.17, 15) is 9.18 Å². The molecule has 1 aromatic rings. The van der Waals surface area contributed by atoms with Crippen molar-refractivity contribution in [2.75, 3.05) is 41.1 Å². The second-order valence-electron chi connectivity index (χ2n) is 5.33. The van der Waals surface area contributed by atoms with E-state index in [2.05, 4.69) is 0 Å². The largest absolute Gasteiger partial charge is 0.484 e. The van der Waals surface area contributed by atoms with Crippen molar-refractivity contribution in [2.24, 2.45) is 0 Å². The highest BCUT2D eigenvalue weighted by Crippen LogP contribution is 2.19. The van der Waals surface area contributed by atoms with E-state index in [0.29, 0.717) is 19.0 Å². The minimum atomic E-state index is -0.353. The van der Waals surface area contributed by atoms with Crippen LogP contribution in [0.15, 0.2) is 24.3 Å². The smallest absolute Gasteiger partial charge is 0.260 e. The van der Waals surface area contributed by atoms with Crippen LogP contribution in [0.5, 0.6) is 5.75 Å². The third-order valence-electron chi connectivity index (χ3n) is 3.96. The molecular formula is C16H22FNO5. The number of rotatable bonds is 6. The third kappa shape index (κ3) is 4.40. The Bertz CT molecular complexity index is 510. The second kappa shape index (κ2) is 8.24. The van der Waals surface area contributed by atoms with Crippen molar-refractivity contribution in [3.05, 3.63) is 30.1 Å². The highest BCUT2D eigenvalue weighted by Gasteiger charge is 2.38. The van der Waals surface area contributed by atoms with Gasteiger partial charge in [0.2, 0.25) is 0 Å². The maximum Gasteiger partial charge on any atom is 0.260 e. The predicted octanol–water partition coefficient (Wildman–Crippen LogP) is 1.09. The molecule has 0 aliphatic carbocycles. The summed E-state index contributed by atoms with van der Waals surface area (Å²) in [4.78, 5) is 13.9. The Balaban J connectivity index is 1.93. The van der Waals surface area contributed by atoms with Gasteiger partial charge in [-0.15, -0.1) is 0 Å². The standard InChI is InChI=1S/C16H22FNO5/c1-18(13-8-22-9-14(20-2)16(13)21-3)15(19)10-23-12-6-4-11(17)5-7-12/h4-7,13-14,16H,8-10H2,1-3H3/t13-,14-,16+/m1/s1. The highest BCUT2D eigenvalue weighted by atomic mass is 19.1. The second-order valence-corrected chi connectivity index (χ2v) is 5.33. The van der Waals surface area contributed by atoms with Crippen molar-refractivity contribution >= 4 is 5.91 Å². The van der Waals surface area contributed by atoms with E-state index >= 15 is 0 Å². The molecule has 0 aromatic heterocycles. The average molecular weight is 327 g/mol. The van der Waals surface area contributed by atoms with Gasteiger partial charge in [0.15, 0.2) is 6.61 Å². The van der Waals surface area contributed by atoms with E-state index in [4.69, 9.17) is 18.9 Å². The number of hydrogen-bond acceptors (Lipinski definition) is 5. The Morgan fingerprint density at radius 3 is 2.57 bits per heavy atom. The Labute approximate surface area is 135 Å². The monoisotopic (exact) mass is 327 g/mol. The van der Waals surface area contributed by atoms with Gasteiger partial charge in [0.25, 0.3) is 5.91 Å². The van der Waals surface area contributed by atoms with Crippen LogP contribution in [-0.4, -0.2) is 70.1 Å². The van der Waals surface area contributed by atoms with E-state index in [-0.39, 0.29) is 36.6 Å². The Hall–Kier alpha value is -1.70. The summed E-state index contributed by atoms with van der Waals surface area (Å²) >= 11 is 0. The zero-order valence-corrected chi connectivity index (χ0v) is 13.5. The first kappa shape index (κ1) is 17.7. The zero-order valence-electron chi connectivity index (χ0n) is 13.5. The fraction of sp³-hybridized carbons (Fsp3) is 0.562. The van der Waals surface area contributed by atoms with Crippen molar-refractivity contribution in [2.45, 2.75) is 18.2 Å². The first-order chi connectivity index (χ1) is 11.1. The summed E-state index contributed by atoms with van der Waals surface area (Å²) in [6, 6.07) is 5.25. The first-order valence-corrected chi connectivity index (χ1v) is 7.34. The van der Waals surface area contributed by atoms with Crippen molar-refractivity contribution in [3.8, 4) is 5.75 Å². The topological polar surface area (TPSA) is 57.2 Å². The number of amides is 1. The molecular weight excluding hydrogens is 305 g/mol. The van der Waals surface area contributed by atoms with Gasteiger partial charge in [-0.1, -0.05) is 0 Å². The van der Waals surface area contributed by atoms with Gasteiger partial charge in [0.1, 0.15) is 23.8 Å². The summed E-state index contributed by atoms with van der Waals surface area (Å²) in [5, 5.41) is 0. The third-order valence-corrected chi connectivity index (χ3v) is 3.96. The molecule has 1 fully saturated rings. The molecule has 1 saturated heterocycles. The van der Waals surface area contributed by atoms with E-state index < -0.39 is 0 Å². The minimum absolute atomic E-state index is 0.146. The van der Waals surface area contributed by atoms with E-state index in [1.54, 1.807) is 26.2 Å². The summed E-state index contributed by atoms with van der Waals surface area (Å²) < 4.78 is 34.5. The van der Waals surface area contributed by atoms with Crippen LogP contribution in [0.4, 0.5) is 4.39 Å². The van der Waals surface area contributed by atoms with E-state index in [1.165, 1.54) is 24.3 Å². The quantitative estimate of drug-likeness (QED) is 0.783. The molecule has 1 aromatic carbocycles. The van der Waals surface area contributed by atoms with Crippen LogP contribution < -0.4 is 4.74 Å². The van der Waals surface area contributed by atoms with Gasteiger partial charge in [0, 0.05) is 21.3 Å². The molecule has 1 aliphatic rings. The van der Waals surface area contributed by atoms with Crippen molar-refractivity contribution < 1.29 is 28.1 Å². The maximum absolute atomic E-state index is 12.8. The molecule has 0 radical (unpaired) electrons. The van der Waals surface area contributed by atoms with Crippen molar-refractivity contribution in [1.29, 1.82) is 0 Å². The predicted molar refractivity (Wildman–Crippen MR) is 80.9 cm³/mol. The van der Waals surface area contributed by atoms with Crippen LogP contribution in [0.3, 0.4) is 0 Å². The number of carbonyl (C=O) groups is 1. The van der Waals surface area contributed by atoms with Gasteiger partial charge < -0.3 is 23.8 Å². The van der Waals surface area contributed by atoms with Gasteiger partial charge in [-0.25, -0.2) is 4.39 Å². The molecule has 23 heavy (non-hydrogen) atoms. The summed E-state index contributed by atoms with van der Waals surface area (Å²) in [5.74, 6) is -0.137. The normalized spacial score (nSPS) is 24.3. The first-order valence-electron chi connectivity index (χ1n) is 7.34. The molecule has 3 atom stereocenters. The van der Waals surface area contributed by atoms with E-state index in [1.807, 2.05) is 0 Å². The summed E-state index contributed by atoms with van der Waals surface area (Å²) in [5.41, 5.74) is 0. The fourth-order valence-electron chi connectivity index (χ4n) is 2.55. The number of ether oxygens (including phenoxy) is 4. The number of benzene rings is 1. The molecule has 0 unspecified atom stereocenters. The molecule has 1 heterocycles. The lowest BCUT2D eigenvalue weighted by molar-refractivity contribution is -0.165.